The molecule has 5 aromatic rings. The number of benzene rings is 1. The molecule has 0 aliphatic heterocycles. The number of hydrogen-bond donors (Lipinski definition) is 1. The molecule has 0 aliphatic carbocycles. The summed E-state index contributed by atoms with van der Waals surface area (Å²) in [5.74, 6) is 0.659. The van der Waals surface area contributed by atoms with Crippen molar-refractivity contribution in [1.29, 1.82) is 0 Å². The molecule has 8 heteroatoms. The Morgan fingerprint density at radius 3 is 2.94 bits per heavy atom. The summed E-state index contributed by atoms with van der Waals surface area (Å²) < 4.78 is 12.7. The van der Waals surface area contributed by atoms with Gasteiger partial charge in [0.15, 0.2) is 11.4 Å². The highest BCUT2D eigenvalue weighted by molar-refractivity contribution is 6.03. The van der Waals surface area contributed by atoms with Crippen LogP contribution in [0.5, 0.6) is 0 Å². The predicted octanol–water partition coefficient (Wildman–Crippen LogP) is 4.05. The van der Waals surface area contributed by atoms with Crippen LogP contribution in [0.3, 0.4) is 0 Å². The average Bonchev–Trinajstić information content (AvgIpc) is 3.42. The molecule has 0 amide bonds. The van der Waals surface area contributed by atoms with Crippen LogP contribution in [0.25, 0.3) is 44.2 Å². The minimum atomic E-state index is -0.339. The van der Waals surface area contributed by atoms with Crippen molar-refractivity contribution in [3.63, 3.8) is 0 Å². The molecular weight excluding hydrogens is 394 g/mol. The molecule has 1 aromatic carbocycles. The van der Waals surface area contributed by atoms with Gasteiger partial charge >= 0.3 is 5.97 Å². The number of carbonyl (C=O) groups is 1. The van der Waals surface area contributed by atoms with Crippen LogP contribution in [0, 0.1) is 0 Å². The van der Waals surface area contributed by atoms with E-state index in [4.69, 9.17) is 14.9 Å². The third-order valence-electron chi connectivity index (χ3n) is 5.07. The van der Waals surface area contributed by atoms with E-state index in [0.717, 1.165) is 32.8 Å². The van der Waals surface area contributed by atoms with E-state index in [1.807, 2.05) is 36.5 Å². The highest BCUT2D eigenvalue weighted by Crippen LogP contribution is 2.38. The molecule has 4 aromatic heterocycles. The fourth-order valence-corrected chi connectivity index (χ4v) is 3.67. The largest absolute Gasteiger partial charge is 0.465 e. The second-order valence-corrected chi connectivity index (χ2v) is 7.04. The van der Waals surface area contributed by atoms with Gasteiger partial charge in [0.2, 0.25) is 0 Å². The number of furan rings is 1. The first kappa shape index (κ1) is 18.8. The van der Waals surface area contributed by atoms with Crippen molar-refractivity contribution >= 4 is 33.5 Å². The zero-order valence-corrected chi connectivity index (χ0v) is 16.8. The maximum absolute atomic E-state index is 11.8. The average molecular weight is 413 g/mol. The summed E-state index contributed by atoms with van der Waals surface area (Å²) in [5, 5.41) is 7.15. The van der Waals surface area contributed by atoms with Gasteiger partial charge in [-0.15, -0.1) is 0 Å². The van der Waals surface area contributed by atoms with E-state index in [-0.39, 0.29) is 12.5 Å². The first-order valence-electron chi connectivity index (χ1n) is 9.83. The Morgan fingerprint density at radius 1 is 1.16 bits per heavy atom. The highest BCUT2D eigenvalue weighted by Gasteiger charge is 2.17. The molecule has 0 radical (unpaired) electrons. The third-order valence-corrected chi connectivity index (χ3v) is 5.07. The van der Waals surface area contributed by atoms with Gasteiger partial charge in [0, 0.05) is 52.3 Å². The number of esters is 1. The number of nitrogens with two attached hydrogens (primary N) is 1. The number of carbonyl (C=O) groups excluding carboxylic acids is 1. The van der Waals surface area contributed by atoms with E-state index >= 15 is 0 Å². The summed E-state index contributed by atoms with van der Waals surface area (Å²) in [5.41, 5.74) is 9.19. The number of hydrogen-bond acceptors (Lipinski definition) is 7. The molecule has 0 bridgehead atoms. The van der Waals surface area contributed by atoms with Crippen LogP contribution in [0.15, 0.2) is 65.7 Å². The first-order chi connectivity index (χ1) is 15.1. The van der Waals surface area contributed by atoms with Crippen LogP contribution in [0.2, 0.25) is 0 Å². The minimum Gasteiger partial charge on any atom is -0.465 e. The number of fused-ring (bicyclic) bond motifs is 2. The quantitative estimate of drug-likeness (QED) is 0.433. The van der Waals surface area contributed by atoms with Gasteiger partial charge in [0.1, 0.15) is 12.3 Å². The fraction of sp³-hybridized carbons (Fsp3) is 0.130. The SMILES string of the molecule is CCOC(=O)Cn1cc(-c2cnc(N)c3oc(-c4cccc5cnccc45)cc23)cn1. The smallest absolute Gasteiger partial charge is 0.327 e. The molecule has 2 N–H and O–H groups in total. The maximum Gasteiger partial charge on any atom is 0.327 e. The first-order valence-corrected chi connectivity index (χ1v) is 9.83. The minimum absolute atomic E-state index is 0.0417. The second kappa shape index (κ2) is 7.56. The monoisotopic (exact) mass is 413 g/mol. The topological polar surface area (TPSA) is 109 Å². The van der Waals surface area contributed by atoms with Gasteiger partial charge in [-0.1, -0.05) is 18.2 Å². The van der Waals surface area contributed by atoms with Crippen LogP contribution in [-0.2, 0) is 16.1 Å². The molecule has 0 unspecified atom stereocenters. The lowest BCUT2D eigenvalue weighted by Crippen LogP contribution is -2.13. The summed E-state index contributed by atoms with van der Waals surface area (Å²) in [6.07, 6.45) is 8.73. The fourth-order valence-electron chi connectivity index (χ4n) is 3.67. The number of ether oxygens (including phenoxy) is 1. The van der Waals surface area contributed by atoms with E-state index in [0.29, 0.717) is 23.8 Å². The van der Waals surface area contributed by atoms with E-state index < -0.39 is 0 Å². The zero-order valence-electron chi connectivity index (χ0n) is 16.8. The van der Waals surface area contributed by atoms with Crippen molar-refractivity contribution in [2.45, 2.75) is 13.5 Å². The van der Waals surface area contributed by atoms with Gasteiger partial charge in [-0.2, -0.15) is 5.10 Å². The number of rotatable bonds is 5. The molecule has 0 atom stereocenters. The Labute approximate surface area is 177 Å². The summed E-state index contributed by atoms with van der Waals surface area (Å²) in [4.78, 5) is 20.2. The maximum atomic E-state index is 11.8. The van der Waals surface area contributed by atoms with Gasteiger partial charge in [-0.05, 0) is 24.4 Å². The van der Waals surface area contributed by atoms with E-state index in [1.165, 1.54) is 4.68 Å². The number of pyridine rings is 2. The Kier molecular flexibility index (Phi) is 4.59. The zero-order chi connectivity index (χ0) is 21.4. The molecular formula is C23H19N5O3. The van der Waals surface area contributed by atoms with Crippen molar-refractivity contribution in [2.24, 2.45) is 0 Å². The Morgan fingerprint density at radius 2 is 2.06 bits per heavy atom. The van der Waals surface area contributed by atoms with Gasteiger partial charge in [0.25, 0.3) is 0 Å². The molecule has 31 heavy (non-hydrogen) atoms. The van der Waals surface area contributed by atoms with Crippen molar-refractivity contribution in [3.8, 4) is 22.5 Å². The lowest BCUT2D eigenvalue weighted by molar-refractivity contribution is -0.144. The van der Waals surface area contributed by atoms with E-state index in [9.17, 15) is 4.79 Å². The van der Waals surface area contributed by atoms with Gasteiger partial charge in [0.05, 0.1) is 12.8 Å². The second-order valence-electron chi connectivity index (χ2n) is 7.04. The summed E-state index contributed by atoms with van der Waals surface area (Å²) in [6.45, 7) is 2.14. The van der Waals surface area contributed by atoms with Crippen molar-refractivity contribution < 1.29 is 13.9 Å². The van der Waals surface area contributed by atoms with Crippen LogP contribution in [0.1, 0.15) is 6.92 Å². The number of nitrogen functional groups attached to an aromatic ring is 1. The van der Waals surface area contributed by atoms with Crippen molar-refractivity contribution in [3.05, 3.63) is 61.3 Å². The van der Waals surface area contributed by atoms with Crippen molar-refractivity contribution in [1.82, 2.24) is 19.7 Å². The highest BCUT2D eigenvalue weighted by atomic mass is 16.5. The summed E-state index contributed by atoms with van der Waals surface area (Å²) in [6, 6.07) is 9.89. The van der Waals surface area contributed by atoms with Gasteiger partial charge < -0.3 is 14.9 Å². The van der Waals surface area contributed by atoms with Crippen molar-refractivity contribution in [2.75, 3.05) is 12.3 Å². The molecule has 0 aliphatic rings. The lowest BCUT2D eigenvalue weighted by Gasteiger charge is -2.02. The normalized spacial score (nSPS) is 11.3. The molecule has 0 saturated heterocycles. The Balaban J connectivity index is 1.60. The Bertz CT molecular complexity index is 1410. The molecule has 8 nitrogen and oxygen atoms in total. The third kappa shape index (κ3) is 3.38. The Hall–Kier alpha value is -4.20. The summed E-state index contributed by atoms with van der Waals surface area (Å²) in [7, 11) is 0. The van der Waals surface area contributed by atoms with Crippen LogP contribution < -0.4 is 5.73 Å². The number of nitrogens with zero attached hydrogens (tertiary/aromatic N) is 4. The van der Waals surface area contributed by atoms with Gasteiger partial charge in [-0.3, -0.25) is 14.5 Å². The van der Waals surface area contributed by atoms with E-state index in [1.54, 1.807) is 31.7 Å². The number of aromatic nitrogens is 4. The van der Waals surface area contributed by atoms with Crippen LogP contribution in [0.4, 0.5) is 5.82 Å². The molecule has 5 rings (SSSR count). The van der Waals surface area contributed by atoms with Crippen LogP contribution in [-0.4, -0.2) is 32.3 Å². The lowest BCUT2D eigenvalue weighted by atomic mass is 10.0. The van der Waals surface area contributed by atoms with Gasteiger partial charge in [-0.25, -0.2) is 4.98 Å². The number of anilines is 1. The van der Waals surface area contributed by atoms with Crippen LogP contribution >= 0.6 is 0 Å². The molecule has 0 spiro atoms. The molecule has 154 valence electrons. The predicted molar refractivity (Wildman–Crippen MR) is 117 cm³/mol. The van der Waals surface area contributed by atoms with E-state index in [2.05, 4.69) is 15.1 Å². The molecule has 0 saturated carbocycles. The standard InChI is InChI=1S/C23H19N5O3/c1-2-30-21(29)13-28-12-15(10-27-28)19-11-26-23(24)22-18(19)8-20(31-22)17-5-3-4-14-9-25-7-6-16(14)17/h3-12H,2,13H2,1H3,(H2,24,26). The molecule has 4 heterocycles. The molecule has 0 fully saturated rings. The summed E-state index contributed by atoms with van der Waals surface area (Å²) >= 11 is 0.